The maximum absolute atomic E-state index is 10.9. The van der Waals surface area contributed by atoms with Crippen LogP contribution in [-0.2, 0) is 16.5 Å². The van der Waals surface area contributed by atoms with E-state index in [4.69, 9.17) is 4.55 Å². The normalized spacial score (nSPS) is 17.4. The van der Waals surface area contributed by atoms with Crippen molar-refractivity contribution in [1.29, 1.82) is 0 Å². The van der Waals surface area contributed by atoms with Gasteiger partial charge in [0.25, 0.3) is 10.1 Å². The van der Waals surface area contributed by atoms with E-state index in [2.05, 4.69) is 21.8 Å². The summed E-state index contributed by atoms with van der Waals surface area (Å²) in [6.07, 6.45) is 7.24. The summed E-state index contributed by atoms with van der Waals surface area (Å²) in [4.78, 5) is 10.8. The van der Waals surface area contributed by atoms with E-state index in [9.17, 15) is 8.42 Å². The van der Waals surface area contributed by atoms with Crippen LogP contribution < -0.4 is 4.90 Å². The van der Waals surface area contributed by atoms with E-state index in [1.807, 2.05) is 12.4 Å². The fourth-order valence-corrected chi connectivity index (χ4v) is 3.46. The van der Waals surface area contributed by atoms with Crippen LogP contribution in [-0.4, -0.2) is 41.8 Å². The van der Waals surface area contributed by atoms with Gasteiger partial charge in [-0.3, -0.25) is 4.55 Å². The van der Waals surface area contributed by atoms with Gasteiger partial charge in [-0.25, -0.2) is 9.97 Å². The molecule has 20 heavy (non-hydrogen) atoms. The molecule has 1 N–H and O–H groups in total. The zero-order valence-corrected chi connectivity index (χ0v) is 12.5. The lowest BCUT2D eigenvalue weighted by Gasteiger charge is -2.31. The van der Waals surface area contributed by atoms with Gasteiger partial charge < -0.3 is 4.90 Å². The van der Waals surface area contributed by atoms with Crippen molar-refractivity contribution in [3.05, 3.63) is 18.0 Å². The highest BCUT2D eigenvalue weighted by molar-refractivity contribution is 7.85. The Kier molecular flexibility index (Phi) is 4.93. The Labute approximate surface area is 120 Å². The molecule has 0 radical (unpaired) electrons. The molecule has 0 amide bonds. The fourth-order valence-electron chi connectivity index (χ4n) is 2.53. The zero-order chi connectivity index (χ0) is 14.6. The third-order valence-electron chi connectivity index (χ3n) is 3.57. The Morgan fingerprint density at radius 1 is 1.30 bits per heavy atom. The zero-order valence-electron chi connectivity index (χ0n) is 11.7. The molecule has 0 aliphatic carbocycles. The molecule has 6 nitrogen and oxygen atoms in total. The number of rotatable bonds is 5. The van der Waals surface area contributed by atoms with Crippen LogP contribution in [0.5, 0.6) is 0 Å². The lowest BCUT2D eigenvalue weighted by molar-refractivity contribution is 0.411. The molecule has 1 aliphatic rings. The van der Waals surface area contributed by atoms with E-state index in [0.717, 1.165) is 44.3 Å². The molecule has 1 aromatic rings. The standard InChI is InChI=1S/C13H21N3O3S/c1-2-3-12-8-14-13(15-9-12)16-6-4-11(5-7-16)10-20(17,18)19/h8-9,11H,2-7,10H2,1H3,(H,17,18,19). The van der Waals surface area contributed by atoms with Crippen molar-refractivity contribution in [1.82, 2.24) is 9.97 Å². The van der Waals surface area contributed by atoms with Crippen molar-refractivity contribution in [3.8, 4) is 0 Å². The van der Waals surface area contributed by atoms with Crippen LogP contribution in [0.2, 0.25) is 0 Å². The van der Waals surface area contributed by atoms with Gasteiger partial charge in [-0.15, -0.1) is 0 Å². The molecule has 2 heterocycles. The minimum absolute atomic E-state index is 0.0283. The van der Waals surface area contributed by atoms with Crippen molar-refractivity contribution >= 4 is 16.1 Å². The minimum Gasteiger partial charge on any atom is -0.341 e. The monoisotopic (exact) mass is 299 g/mol. The van der Waals surface area contributed by atoms with Gasteiger partial charge in [0, 0.05) is 25.5 Å². The second kappa shape index (κ2) is 6.49. The second-order valence-corrected chi connectivity index (χ2v) is 6.82. The lowest BCUT2D eigenvalue weighted by atomic mass is 9.99. The van der Waals surface area contributed by atoms with Crippen molar-refractivity contribution < 1.29 is 13.0 Å². The Hall–Kier alpha value is -1.21. The maximum atomic E-state index is 10.9. The minimum atomic E-state index is -3.87. The summed E-state index contributed by atoms with van der Waals surface area (Å²) in [5.41, 5.74) is 1.14. The first-order valence-corrected chi connectivity index (χ1v) is 8.60. The largest absolute Gasteiger partial charge is 0.341 e. The van der Waals surface area contributed by atoms with Crippen LogP contribution in [0.3, 0.4) is 0 Å². The quantitative estimate of drug-likeness (QED) is 0.830. The molecule has 1 aliphatic heterocycles. The van der Waals surface area contributed by atoms with E-state index < -0.39 is 10.1 Å². The molecular formula is C13H21N3O3S. The molecule has 0 unspecified atom stereocenters. The molecule has 0 bridgehead atoms. The number of anilines is 1. The van der Waals surface area contributed by atoms with Crippen molar-refractivity contribution in [3.63, 3.8) is 0 Å². The predicted octanol–water partition coefficient (Wildman–Crippen LogP) is 1.53. The van der Waals surface area contributed by atoms with Gasteiger partial charge in [0.2, 0.25) is 5.95 Å². The lowest BCUT2D eigenvalue weighted by Crippen LogP contribution is -2.36. The van der Waals surface area contributed by atoms with Crippen LogP contribution in [0.25, 0.3) is 0 Å². The molecule has 7 heteroatoms. The number of nitrogens with zero attached hydrogens (tertiary/aromatic N) is 3. The molecule has 0 spiro atoms. The number of hydrogen-bond donors (Lipinski definition) is 1. The van der Waals surface area contributed by atoms with E-state index in [1.165, 1.54) is 0 Å². The smallest absolute Gasteiger partial charge is 0.265 e. The maximum Gasteiger partial charge on any atom is 0.265 e. The highest BCUT2D eigenvalue weighted by Gasteiger charge is 2.24. The molecule has 1 aromatic heterocycles. The average Bonchev–Trinajstić information content (AvgIpc) is 2.39. The van der Waals surface area contributed by atoms with Gasteiger partial charge in [0.1, 0.15) is 0 Å². The van der Waals surface area contributed by atoms with Crippen molar-refractivity contribution in [2.45, 2.75) is 32.6 Å². The Bertz CT molecular complexity index is 522. The van der Waals surface area contributed by atoms with Gasteiger partial charge in [-0.1, -0.05) is 13.3 Å². The SMILES string of the molecule is CCCc1cnc(N2CCC(CS(=O)(=O)O)CC2)nc1. The molecular weight excluding hydrogens is 278 g/mol. The predicted molar refractivity (Wildman–Crippen MR) is 77.4 cm³/mol. The first-order valence-electron chi connectivity index (χ1n) is 6.99. The van der Waals surface area contributed by atoms with Crippen LogP contribution in [0.1, 0.15) is 31.7 Å². The summed E-state index contributed by atoms with van der Waals surface area (Å²) in [5, 5.41) is 0. The Balaban J connectivity index is 1.90. The number of aromatic nitrogens is 2. The van der Waals surface area contributed by atoms with Crippen LogP contribution in [0, 0.1) is 5.92 Å². The summed E-state index contributed by atoms with van der Waals surface area (Å²) >= 11 is 0. The molecule has 2 rings (SSSR count). The summed E-state index contributed by atoms with van der Waals surface area (Å²) < 4.78 is 30.6. The highest BCUT2D eigenvalue weighted by atomic mass is 32.2. The third-order valence-corrected chi connectivity index (χ3v) is 4.47. The van der Waals surface area contributed by atoms with E-state index in [0.29, 0.717) is 5.95 Å². The molecule has 0 atom stereocenters. The Morgan fingerprint density at radius 3 is 2.40 bits per heavy atom. The third kappa shape index (κ3) is 4.42. The molecule has 1 saturated heterocycles. The van der Waals surface area contributed by atoms with Crippen molar-refractivity contribution in [2.24, 2.45) is 5.92 Å². The first-order chi connectivity index (χ1) is 9.48. The van der Waals surface area contributed by atoms with Gasteiger partial charge in [0.15, 0.2) is 0 Å². The summed E-state index contributed by atoms with van der Waals surface area (Å²) in [7, 11) is -3.87. The summed E-state index contributed by atoms with van der Waals surface area (Å²) in [5.74, 6) is 0.590. The van der Waals surface area contributed by atoms with E-state index >= 15 is 0 Å². The van der Waals surface area contributed by atoms with Gasteiger partial charge in [-0.2, -0.15) is 8.42 Å². The Morgan fingerprint density at radius 2 is 1.90 bits per heavy atom. The average molecular weight is 299 g/mol. The van der Waals surface area contributed by atoms with Gasteiger partial charge in [0.05, 0.1) is 5.75 Å². The number of aryl methyl sites for hydroxylation is 1. The molecule has 112 valence electrons. The molecule has 0 saturated carbocycles. The molecule has 1 fully saturated rings. The topological polar surface area (TPSA) is 83.4 Å². The number of piperidine rings is 1. The van der Waals surface area contributed by atoms with Crippen LogP contribution in [0.4, 0.5) is 5.95 Å². The number of hydrogen-bond acceptors (Lipinski definition) is 5. The van der Waals surface area contributed by atoms with Gasteiger partial charge in [-0.05, 0) is 30.7 Å². The highest BCUT2D eigenvalue weighted by Crippen LogP contribution is 2.21. The van der Waals surface area contributed by atoms with E-state index in [-0.39, 0.29) is 11.7 Å². The first kappa shape index (κ1) is 15.2. The van der Waals surface area contributed by atoms with Gasteiger partial charge >= 0.3 is 0 Å². The summed E-state index contributed by atoms with van der Waals surface area (Å²) in [6, 6.07) is 0. The van der Waals surface area contributed by atoms with Crippen LogP contribution >= 0.6 is 0 Å². The summed E-state index contributed by atoms with van der Waals surface area (Å²) in [6.45, 7) is 3.58. The van der Waals surface area contributed by atoms with E-state index in [1.54, 1.807) is 0 Å². The fraction of sp³-hybridized carbons (Fsp3) is 0.692. The molecule has 0 aromatic carbocycles. The second-order valence-electron chi connectivity index (χ2n) is 5.32. The van der Waals surface area contributed by atoms with Crippen LogP contribution in [0.15, 0.2) is 12.4 Å². The van der Waals surface area contributed by atoms with Crippen molar-refractivity contribution in [2.75, 3.05) is 23.7 Å².